The third-order valence-corrected chi connectivity index (χ3v) is 2.38. The molecule has 0 radical (unpaired) electrons. The predicted molar refractivity (Wildman–Crippen MR) is 60.4 cm³/mol. The number of halogens is 1. The molecular weight excluding hydrogens is 293 g/mol. The van der Waals surface area contributed by atoms with E-state index in [2.05, 4.69) is 22.6 Å². The Bertz CT molecular complexity index is 421. The number of ether oxygens (including phenoxy) is 1. The second kappa shape index (κ2) is 4.42. The van der Waals surface area contributed by atoms with E-state index in [0.717, 1.165) is 3.57 Å². The molecule has 1 aromatic carbocycles. The van der Waals surface area contributed by atoms with Crippen LogP contribution in [0.2, 0.25) is 0 Å². The van der Waals surface area contributed by atoms with Gasteiger partial charge in [0.1, 0.15) is 11.8 Å². The monoisotopic (exact) mass is 301 g/mol. The molecule has 0 aromatic heterocycles. The maximum Gasteiger partial charge on any atom is 0.163 e. The van der Waals surface area contributed by atoms with Crippen LogP contribution in [0.15, 0.2) is 12.1 Å². The molecule has 0 atom stereocenters. The number of Topliss-reactive ketones (excluding diaryl/α,β-unsaturated/α-hetero) is 1. The lowest BCUT2D eigenvalue weighted by atomic mass is 10.1. The summed E-state index contributed by atoms with van der Waals surface area (Å²) in [5.41, 5.74) is 0.848. The summed E-state index contributed by atoms with van der Waals surface area (Å²) in [7, 11) is 1.45. The molecule has 0 fully saturated rings. The van der Waals surface area contributed by atoms with E-state index >= 15 is 0 Å². The van der Waals surface area contributed by atoms with Crippen molar-refractivity contribution in [3.63, 3.8) is 0 Å². The average molecular weight is 301 g/mol. The molecule has 0 heterocycles. The zero-order chi connectivity index (χ0) is 10.7. The van der Waals surface area contributed by atoms with Gasteiger partial charge in [-0.25, -0.2) is 0 Å². The van der Waals surface area contributed by atoms with Crippen molar-refractivity contribution in [2.24, 2.45) is 0 Å². The highest BCUT2D eigenvalue weighted by Gasteiger charge is 2.13. The molecule has 0 unspecified atom stereocenters. The summed E-state index contributed by atoms with van der Waals surface area (Å²) < 4.78 is 5.89. The Labute approximate surface area is 95.8 Å². The fourth-order valence-corrected chi connectivity index (χ4v) is 1.78. The molecule has 0 saturated carbocycles. The summed E-state index contributed by atoms with van der Waals surface area (Å²) in [5.74, 6) is 0.261. The molecule has 14 heavy (non-hydrogen) atoms. The molecule has 3 nitrogen and oxygen atoms in total. The average Bonchev–Trinajstić information content (AvgIpc) is 2.16. The Kier molecular flexibility index (Phi) is 3.47. The standard InChI is InChI=1S/C10H8INO2/c1-6(13)9-4-8(11)3-7(5-12)10(9)14-2/h3-4H,1-2H3. The van der Waals surface area contributed by atoms with Gasteiger partial charge in [0, 0.05) is 3.57 Å². The molecular formula is C10H8INO2. The van der Waals surface area contributed by atoms with Gasteiger partial charge >= 0.3 is 0 Å². The summed E-state index contributed by atoms with van der Waals surface area (Å²) in [6, 6.07) is 5.40. The predicted octanol–water partition coefficient (Wildman–Crippen LogP) is 2.37. The van der Waals surface area contributed by atoms with Crippen molar-refractivity contribution in [3.8, 4) is 11.8 Å². The first-order valence-corrected chi connectivity index (χ1v) is 4.96. The van der Waals surface area contributed by atoms with Crippen molar-refractivity contribution in [2.45, 2.75) is 6.92 Å². The molecule has 0 bridgehead atoms. The van der Waals surface area contributed by atoms with E-state index in [0.29, 0.717) is 16.9 Å². The summed E-state index contributed by atoms with van der Waals surface area (Å²) in [5, 5.41) is 8.84. The zero-order valence-corrected chi connectivity index (χ0v) is 9.95. The van der Waals surface area contributed by atoms with E-state index in [1.165, 1.54) is 14.0 Å². The maximum atomic E-state index is 11.3. The molecule has 72 valence electrons. The summed E-state index contributed by atoms with van der Waals surface area (Å²) in [4.78, 5) is 11.3. The van der Waals surface area contributed by atoms with Crippen molar-refractivity contribution < 1.29 is 9.53 Å². The molecule has 0 aliphatic carbocycles. The van der Waals surface area contributed by atoms with E-state index in [1.807, 2.05) is 6.07 Å². The molecule has 0 amide bonds. The number of nitrogens with zero attached hydrogens (tertiary/aromatic N) is 1. The van der Waals surface area contributed by atoms with Gasteiger partial charge < -0.3 is 4.74 Å². The van der Waals surface area contributed by atoms with Gasteiger partial charge in [-0.15, -0.1) is 0 Å². The normalized spacial score (nSPS) is 9.29. The van der Waals surface area contributed by atoms with Crippen LogP contribution in [0.4, 0.5) is 0 Å². The lowest BCUT2D eigenvalue weighted by Crippen LogP contribution is -2.00. The number of rotatable bonds is 2. The highest BCUT2D eigenvalue weighted by atomic mass is 127. The number of carbonyl (C=O) groups is 1. The molecule has 1 rings (SSSR count). The number of benzene rings is 1. The van der Waals surface area contributed by atoms with Gasteiger partial charge in [0.05, 0.1) is 18.2 Å². The van der Waals surface area contributed by atoms with Gasteiger partial charge in [-0.3, -0.25) is 4.79 Å². The fourth-order valence-electron chi connectivity index (χ4n) is 1.16. The van der Waals surface area contributed by atoms with Crippen LogP contribution >= 0.6 is 22.6 Å². The van der Waals surface area contributed by atoms with Crippen molar-refractivity contribution in [1.82, 2.24) is 0 Å². The Morgan fingerprint density at radius 3 is 2.64 bits per heavy atom. The SMILES string of the molecule is COc1c(C#N)cc(I)cc1C(C)=O. The van der Waals surface area contributed by atoms with Gasteiger partial charge in [0.15, 0.2) is 5.78 Å². The first kappa shape index (κ1) is 11.0. The molecule has 0 saturated heterocycles. The minimum Gasteiger partial charge on any atom is -0.495 e. The fraction of sp³-hybridized carbons (Fsp3) is 0.200. The lowest BCUT2D eigenvalue weighted by molar-refractivity contribution is 0.101. The zero-order valence-electron chi connectivity index (χ0n) is 7.80. The van der Waals surface area contributed by atoms with Crippen LogP contribution in [0.25, 0.3) is 0 Å². The van der Waals surface area contributed by atoms with Crippen LogP contribution in [0.1, 0.15) is 22.8 Å². The van der Waals surface area contributed by atoms with E-state index in [9.17, 15) is 4.79 Å². The van der Waals surface area contributed by atoms with Crippen molar-refractivity contribution in [2.75, 3.05) is 7.11 Å². The Morgan fingerprint density at radius 1 is 1.57 bits per heavy atom. The molecule has 1 aromatic rings. The lowest BCUT2D eigenvalue weighted by Gasteiger charge is -2.07. The summed E-state index contributed by atoms with van der Waals surface area (Å²) >= 11 is 2.06. The van der Waals surface area contributed by atoms with Gasteiger partial charge in [-0.05, 0) is 41.6 Å². The van der Waals surface area contributed by atoms with Crippen LogP contribution in [0, 0.1) is 14.9 Å². The quantitative estimate of drug-likeness (QED) is 0.622. The van der Waals surface area contributed by atoms with E-state index < -0.39 is 0 Å². The van der Waals surface area contributed by atoms with Crippen LogP contribution in [0.3, 0.4) is 0 Å². The second-order valence-electron chi connectivity index (χ2n) is 2.70. The van der Waals surface area contributed by atoms with Crippen molar-refractivity contribution >= 4 is 28.4 Å². The van der Waals surface area contributed by atoms with Gasteiger partial charge in [-0.2, -0.15) is 5.26 Å². The Balaban J connectivity index is 3.49. The van der Waals surface area contributed by atoms with Crippen LogP contribution in [-0.4, -0.2) is 12.9 Å². The number of hydrogen-bond acceptors (Lipinski definition) is 3. The van der Waals surface area contributed by atoms with Gasteiger partial charge in [0.25, 0.3) is 0 Å². The summed E-state index contributed by atoms with van der Waals surface area (Å²) in [6.45, 7) is 1.45. The Hall–Kier alpha value is -1.09. The first-order valence-electron chi connectivity index (χ1n) is 3.88. The maximum absolute atomic E-state index is 11.3. The largest absolute Gasteiger partial charge is 0.495 e. The van der Waals surface area contributed by atoms with Crippen LogP contribution < -0.4 is 4.74 Å². The number of carbonyl (C=O) groups excluding carboxylic acids is 1. The topological polar surface area (TPSA) is 50.1 Å². The van der Waals surface area contributed by atoms with Gasteiger partial charge in [0.2, 0.25) is 0 Å². The Morgan fingerprint density at radius 2 is 2.21 bits per heavy atom. The highest BCUT2D eigenvalue weighted by molar-refractivity contribution is 14.1. The number of methoxy groups -OCH3 is 1. The third kappa shape index (κ3) is 2.04. The highest BCUT2D eigenvalue weighted by Crippen LogP contribution is 2.26. The number of hydrogen-bond donors (Lipinski definition) is 0. The molecule has 0 spiro atoms. The second-order valence-corrected chi connectivity index (χ2v) is 3.95. The minimum absolute atomic E-state index is 0.100. The first-order chi connectivity index (χ1) is 6.60. The van der Waals surface area contributed by atoms with E-state index in [1.54, 1.807) is 12.1 Å². The smallest absolute Gasteiger partial charge is 0.163 e. The van der Waals surface area contributed by atoms with E-state index in [-0.39, 0.29) is 5.78 Å². The number of nitriles is 1. The minimum atomic E-state index is -0.100. The van der Waals surface area contributed by atoms with Gasteiger partial charge in [-0.1, -0.05) is 0 Å². The van der Waals surface area contributed by atoms with Crippen LogP contribution in [-0.2, 0) is 0 Å². The molecule has 0 aliphatic rings. The van der Waals surface area contributed by atoms with Crippen molar-refractivity contribution in [3.05, 3.63) is 26.8 Å². The molecule has 0 aliphatic heterocycles. The molecule has 0 N–H and O–H groups in total. The third-order valence-electron chi connectivity index (χ3n) is 1.76. The van der Waals surface area contributed by atoms with Crippen LogP contribution in [0.5, 0.6) is 5.75 Å². The summed E-state index contributed by atoms with van der Waals surface area (Å²) in [6.07, 6.45) is 0. The molecule has 4 heteroatoms. The number of ketones is 1. The van der Waals surface area contributed by atoms with E-state index in [4.69, 9.17) is 10.00 Å². The van der Waals surface area contributed by atoms with Crippen molar-refractivity contribution in [1.29, 1.82) is 5.26 Å².